The number of hydrogen-bond acceptors (Lipinski definition) is 6. The van der Waals surface area contributed by atoms with Gasteiger partial charge in [0, 0.05) is 16.8 Å². The number of rotatable bonds is 11. The number of amides is 1. The smallest absolute Gasteiger partial charge is 0.237 e. The minimum atomic E-state index is -0.516. The number of aryl methyl sites for hydroxylation is 2. The molecule has 45 heavy (non-hydrogen) atoms. The molecule has 6 nitrogen and oxygen atoms in total. The lowest BCUT2D eigenvalue weighted by Crippen LogP contribution is -2.22. The minimum Gasteiger partial charge on any atom is -0.490 e. The summed E-state index contributed by atoms with van der Waals surface area (Å²) in [7, 11) is 0. The summed E-state index contributed by atoms with van der Waals surface area (Å²) in [6.45, 7) is 8.66. The molecule has 0 saturated carbocycles. The number of ether oxygens (including phenoxy) is 2. The Hall–Kier alpha value is -5.06. The summed E-state index contributed by atoms with van der Waals surface area (Å²) in [5.74, 6) is 1.04. The summed E-state index contributed by atoms with van der Waals surface area (Å²) in [6.07, 6.45) is 0. The van der Waals surface area contributed by atoms with Crippen molar-refractivity contribution in [1.82, 2.24) is 4.98 Å². The highest BCUT2D eigenvalue weighted by Crippen LogP contribution is 2.39. The Morgan fingerprint density at radius 3 is 2.29 bits per heavy atom. The Kier molecular flexibility index (Phi) is 10.2. The second-order valence-electron chi connectivity index (χ2n) is 10.6. The molecule has 1 N–H and O–H groups in total. The zero-order chi connectivity index (χ0) is 31.8. The van der Waals surface area contributed by atoms with Crippen molar-refractivity contribution in [2.24, 2.45) is 0 Å². The number of thioether (sulfide) groups is 1. The zero-order valence-electron chi connectivity index (χ0n) is 25.8. The molecule has 0 fully saturated rings. The van der Waals surface area contributed by atoms with Gasteiger partial charge < -0.3 is 14.8 Å². The second kappa shape index (κ2) is 14.6. The van der Waals surface area contributed by atoms with E-state index in [0.29, 0.717) is 46.6 Å². The maximum atomic E-state index is 13.3. The lowest BCUT2D eigenvalue weighted by molar-refractivity contribution is -0.115. The number of hydrogen-bond donors (Lipinski definition) is 1. The lowest BCUT2D eigenvalue weighted by Gasteiger charge is -2.17. The van der Waals surface area contributed by atoms with Gasteiger partial charge in [-0.2, -0.15) is 5.26 Å². The van der Waals surface area contributed by atoms with Gasteiger partial charge in [-0.1, -0.05) is 84.6 Å². The van der Waals surface area contributed by atoms with Gasteiger partial charge in [-0.25, -0.2) is 4.98 Å². The highest BCUT2D eigenvalue weighted by atomic mass is 32.2. The molecule has 0 aliphatic rings. The topological polar surface area (TPSA) is 84.2 Å². The van der Waals surface area contributed by atoms with E-state index in [-0.39, 0.29) is 5.91 Å². The van der Waals surface area contributed by atoms with Gasteiger partial charge in [0.2, 0.25) is 5.91 Å². The molecule has 1 heterocycles. The Morgan fingerprint density at radius 1 is 0.867 bits per heavy atom. The van der Waals surface area contributed by atoms with Gasteiger partial charge in [0.05, 0.1) is 23.1 Å². The molecule has 5 rings (SSSR count). The van der Waals surface area contributed by atoms with Crippen LogP contribution in [0.3, 0.4) is 0 Å². The molecule has 1 atom stereocenters. The average molecular weight is 614 g/mol. The standard InChI is InChI=1S/C38H35N3O3S/c1-5-43-36-21-30(17-19-35(36)44-24-28-12-8-6-9-13-28)32-22-34(29-14-10-7-11-15-29)41-38(33(32)23-39)45-27(4)37(42)40-31-18-16-25(2)26(3)20-31/h6-22,27H,5,24H2,1-4H3,(H,40,42)/t27-/m1/s1. The quantitative estimate of drug-likeness (QED) is 0.150. The summed E-state index contributed by atoms with van der Waals surface area (Å²) in [5, 5.41) is 13.4. The minimum absolute atomic E-state index is 0.167. The predicted molar refractivity (Wildman–Crippen MR) is 182 cm³/mol. The fraction of sp³-hybridized carbons (Fsp3) is 0.184. The number of carbonyl (C=O) groups excluding carboxylic acids is 1. The van der Waals surface area contributed by atoms with Gasteiger partial charge >= 0.3 is 0 Å². The van der Waals surface area contributed by atoms with Crippen LogP contribution < -0.4 is 14.8 Å². The Morgan fingerprint density at radius 2 is 1.60 bits per heavy atom. The van der Waals surface area contributed by atoms with Crippen LogP contribution in [0.25, 0.3) is 22.4 Å². The van der Waals surface area contributed by atoms with E-state index in [2.05, 4.69) is 11.4 Å². The van der Waals surface area contributed by atoms with E-state index in [1.165, 1.54) is 11.8 Å². The van der Waals surface area contributed by atoms with Crippen molar-refractivity contribution in [2.45, 2.75) is 44.6 Å². The van der Waals surface area contributed by atoms with E-state index in [4.69, 9.17) is 14.5 Å². The van der Waals surface area contributed by atoms with Crippen LogP contribution in [-0.2, 0) is 11.4 Å². The van der Waals surface area contributed by atoms with E-state index in [0.717, 1.165) is 33.5 Å². The van der Waals surface area contributed by atoms with Crippen molar-refractivity contribution >= 4 is 23.4 Å². The van der Waals surface area contributed by atoms with Gasteiger partial charge in [-0.05, 0) is 80.3 Å². The second-order valence-corrected chi connectivity index (χ2v) is 12.0. The van der Waals surface area contributed by atoms with Crippen molar-refractivity contribution in [3.05, 3.63) is 125 Å². The highest BCUT2D eigenvalue weighted by molar-refractivity contribution is 8.00. The van der Waals surface area contributed by atoms with Crippen LogP contribution in [0.15, 0.2) is 108 Å². The number of benzene rings is 4. The maximum Gasteiger partial charge on any atom is 0.237 e. The van der Waals surface area contributed by atoms with Gasteiger partial charge in [-0.15, -0.1) is 0 Å². The van der Waals surface area contributed by atoms with E-state index in [1.807, 2.05) is 131 Å². The monoisotopic (exact) mass is 613 g/mol. The van der Waals surface area contributed by atoms with E-state index < -0.39 is 5.25 Å². The first kappa shape index (κ1) is 31.4. The number of carbonyl (C=O) groups is 1. The van der Waals surface area contributed by atoms with Crippen molar-refractivity contribution in [3.8, 4) is 40.0 Å². The van der Waals surface area contributed by atoms with Crippen LogP contribution in [-0.4, -0.2) is 22.7 Å². The molecule has 7 heteroatoms. The molecule has 0 unspecified atom stereocenters. The molecule has 226 valence electrons. The Balaban J connectivity index is 1.51. The molecule has 0 saturated heterocycles. The van der Waals surface area contributed by atoms with Crippen molar-refractivity contribution in [3.63, 3.8) is 0 Å². The van der Waals surface area contributed by atoms with Crippen LogP contribution in [0.4, 0.5) is 5.69 Å². The van der Waals surface area contributed by atoms with E-state index >= 15 is 0 Å². The number of nitrogens with zero attached hydrogens (tertiary/aromatic N) is 2. The first-order valence-electron chi connectivity index (χ1n) is 14.9. The third-order valence-corrected chi connectivity index (χ3v) is 8.48. The number of anilines is 1. The molecule has 0 radical (unpaired) electrons. The summed E-state index contributed by atoms with van der Waals surface area (Å²) in [5.41, 5.74) is 7.54. The molecule has 0 spiro atoms. The van der Waals surface area contributed by atoms with Crippen LogP contribution in [0.1, 0.15) is 36.1 Å². The third-order valence-electron chi connectivity index (χ3n) is 7.39. The van der Waals surface area contributed by atoms with Gasteiger partial charge in [0.1, 0.15) is 17.7 Å². The normalized spacial score (nSPS) is 11.4. The van der Waals surface area contributed by atoms with E-state index in [9.17, 15) is 10.1 Å². The molecule has 4 aromatic carbocycles. The first-order chi connectivity index (χ1) is 21.9. The van der Waals surface area contributed by atoms with Crippen LogP contribution in [0, 0.1) is 25.2 Å². The molecule has 1 aromatic heterocycles. The predicted octanol–water partition coefficient (Wildman–Crippen LogP) is 9.00. The highest BCUT2D eigenvalue weighted by Gasteiger charge is 2.22. The van der Waals surface area contributed by atoms with Crippen molar-refractivity contribution in [1.29, 1.82) is 5.26 Å². The van der Waals surface area contributed by atoms with Gasteiger partial charge in [0.15, 0.2) is 11.5 Å². The molecule has 0 aliphatic carbocycles. The van der Waals surface area contributed by atoms with Crippen molar-refractivity contribution in [2.75, 3.05) is 11.9 Å². The summed E-state index contributed by atoms with van der Waals surface area (Å²) in [4.78, 5) is 18.2. The third kappa shape index (κ3) is 7.72. The molecular weight excluding hydrogens is 579 g/mol. The molecule has 5 aromatic rings. The lowest BCUT2D eigenvalue weighted by atomic mass is 9.99. The Bertz CT molecular complexity index is 1840. The van der Waals surface area contributed by atoms with Crippen LogP contribution in [0.5, 0.6) is 11.5 Å². The SMILES string of the molecule is CCOc1cc(-c2cc(-c3ccccc3)nc(S[C@H](C)C(=O)Nc3ccc(C)c(C)c3)c2C#N)ccc1OCc1ccccc1. The number of nitrogens with one attached hydrogen (secondary N) is 1. The largest absolute Gasteiger partial charge is 0.490 e. The Labute approximate surface area is 269 Å². The summed E-state index contributed by atoms with van der Waals surface area (Å²) in [6, 6.07) is 35.6. The average Bonchev–Trinajstić information content (AvgIpc) is 3.06. The maximum absolute atomic E-state index is 13.3. The number of pyridine rings is 1. The number of aromatic nitrogens is 1. The molecule has 1 amide bonds. The molecule has 0 bridgehead atoms. The zero-order valence-corrected chi connectivity index (χ0v) is 26.7. The van der Waals surface area contributed by atoms with Gasteiger partial charge in [-0.3, -0.25) is 4.79 Å². The molecular formula is C38H35N3O3S. The van der Waals surface area contributed by atoms with Gasteiger partial charge in [0.25, 0.3) is 0 Å². The fourth-order valence-electron chi connectivity index (χ4n) is 4.78. The van der Waals surface area contributed by atoms with Crippen LogP contribution >= 0.6 is 11.8 Å². The first-order valence-corrected chi connectivity index (χ1v) is 15.7. The molecule has 0 aliphatic heterocycles. The van der Waals surface area contributed by atoms with E-state index in [1.54, 1.807) is 0 Å². The summed E-state index contributed by atoms with van der Waals surface area (Å²) >= 11 is 1.27. The fourth-order valence-corrected chi connectivity index (χ4v) is 5.71. The summed E-state index contributed by atoms with van der Waals surface area (Å²) < 4.78 is 12.1. The van der Waals surface area contributed by atoms with Crippen LogP contribution in [0.2, 0.25) is 0 Å². The number of nitriles is 1. The van der Waals surface area contributed by atoms with Crippen molar-refractivity contribution < 1.29 is 14.3 Å².